The summed E-state index contributed by atoms with van der Waals surface area (Å²) in [6.45, 7) is 8.45. The van der Waals surface area contributed by atoms with Crippen LogP contribution in [-0.2, 0) is 11.2 Å². The van der Waals surface area contributed by atoms with Crippen molar-refractivity contribution in [3.05, 3.63) is 17.8 Å². The number of nitrogens with zero attached hydrogens (tertiary/aromatic N) is 3. The van der Waals surface area contributed by atoms with Crippen LogP contribution in [0.4, 0.5) is 15.0 Å². The minimum atomic E-state index is -0.531. The molecule has 1 aliphatic heterocycles. The zero-order valence-corrected chi connectivity index (χ0v) is 13.5. The molecular formula is C15H23FN4O2. The number of ether oxygens (including phenoxy) is 1. The van der Waals surface area contributed by atoms with Gasteiger partial charge in [-0.15, -0.1) is 0 Å². The van der Waals surface area contributed by atoms with E-state index >= 15 is 0 Å². The number of carbonyl (C=O) groups is 1. The summed E-state index contributed by atoms with van der Waals surface area (Å²) >= 11 is 0. The van der Waals surface area contributed by atoms with Crippen molar-refractivity contribution in [1.82, 2.24) is 15.3 Å². The van der Waals surface area contributed by atoms with Crippen LogP contribution in [-0.4, -0.2) is 40.8 Å². The Morgan fingerprint density at radius 2 is 2.23 bits per heavy atom. The van der Waals surface area contributed by atoms with Gasteiger partial charge in [-0.2, -0.15) is 0 Å². The number of nitrogens with one attached hydrogen (secondary N) is 1. The molecule has 122 valence electrons. The van der Waals surface area contributed by atoms with Crippen LogP contribution >= 0.6 is 0 Å². The molecule has 6 nitrogen and oxygen atoms in total. The molecule has 1 amide bonds. The van der Waals surface area contributed by atoms with E-state index in [0.29, 0.717) is 31.0 Å². The molecule has 1 aliphatic rings. The predicted octanol–water partition coefficient (Wildman–Crippen LogP) is 2.28. The zero-order chi connectivity index (χ0) is 16.3. The van der Waals surface area contributed by atoms with Crippen molar-refractivity contribution in [2.75, 3.05) is 18.0 Å². The third-order valence-electron chi connectivity index (χ3n) is 3.39. The lowest BCUT2D eigenvalue weighted by Gasteiger charge is -2.22. The summed E-state index contributed by atoms with van der Waals surface area (Å²) in [6.07, 6.45) is 2.18. The summed E-state index contributed by atoms with van der Waals surface area (Å²) in [6, 6.07) is -0.0747. The molecule has 0 aromatic carbocycles. The molecule has 0 aliphatic carbocycles. The van der Waals surface area contributed by atoms with Crippen LogP contribution in [0.25, 0.3) is 0 Å². The lowest BCUT2D eigenvalue weighted by atomic mass is 10.2. The number of amides is 1. The van der Waals surface area contributed by atoms with Gasteiger partial charge in [-0.25, -0.2) is 19.2 Å². The number of aromatic nitrogens is 2. The van der Waals surface area contributed by atoms with E-state index in [9.17, 15) is 9.18 Å². The van der Waals surface area contributed by atoms with Gasteiger partial charge in [0.2, 0.25) is 0 Å². The lowest BCUT2D eigenvalue weighted by molar-refractivity contribution is 0.0509. The normalized spacial score (nSPS) is 18.4. The van der Waals surface area contributed by atoms with Crippen molar-refractivity contribution in [1.29, 1.82) is 0 Å². The fourth-order valence-corrected chi connectivity index (χ4v) is 2.41. The van der Waals surface area contributed by atoms with Crippen LogP contribution in [0.3, 0.4) is 0 Å². The monoisotopic (exact) mass is 310 g/mol. The Labute approximate surface area is 130 Å². The van der Waals surface area contributed by atoms with E-state index in [1.54, 1.807) is 0 Å². The summed E-state index contributed by atoms with van der Waals surface area (Å²) in [5.41, 5.74) is -0.120. The largest absolute Gasteiger partial charge is 0.444 e. The fourth-order valence-electron chi connectivity index (χ4n) is 2.41. The summed E-state index contributed by atoms with van der Waals surface area (Å²) in [4.78, 5) is 21.6. The molecule has 0 saturated carbocycles. The van der Waals surface area contributed by atoms with Crippen molar-refractivity contribution >= 4 is 11.9 Å². The van der Waals surface area contributed by atoms with Gasteiger partial charge < -0.3 is 15.0 Å². The van der Waals surface area contributed by atoms with Crippen LogP contribution < -0.4 is 10.2 Å². The highest BCUT2D eigenvalue weighted by atomic mass is 19.1. The first-order valence-electron chi connectivity index (χ1n) is 7.54. The summed E-state index contributed by atoms with van der Waals surface area (Å²) in [5.74, 6) is -0.0664. The van der Waals surface area contributed by atoms with Gasteiger partial charge in [0.25, 0.3) is 0 Å². The number of halogens is 1. The highest BCUT2D eigenvalue weighted by Crippen LogP contribution is 2.22. The second-order valence-corrected chi connectivity index (χ2v) is 6.39. The third kappa shape index (κ3) is 4.05. The topological polar surface area (TPSA) is 67.4 Å². The summed E-state index contributed by atoms with van der Waals surface area (Å²) in [7, 11) is 0. The predicted molar refractivity (Wildman–Crippen MR) is 81.4 cm³/mol. The Morgan fingerprint density at radius 3 is 2.86 bits per heavy atom. The van der Waals surface area contributed by atoms with Gasteiger partial charge in [0.1, 0.15) is 11.9 Å². The van der Waals surface area contributed by atoms with Crippen molar-refractivity contribution in [3.63, 3.8) is 0 Å². The van der Waals surface area contributed by atoms with Crippen molar-refractivity contribution in [2.24, 2.45) is 0 Å². The molecule has 1 aromatic heterocycles. The van der Waals surface area contributed by atoms with E-state index in [0.717, 1.165) is 6.42 Å². The lowest BCUT2D eigenvalue weighted by Crippen LogP contribution is -2.40. The summed E-state index contributed by atoms with van der Waals surface area (Å²) in [5, 5.41) is 2.81. The summed E-state index contributed by atoms with van der Waals surface area (Å²) < 4.78 is 19.5. The molecule has 0 radical (unpaired) electrons. The first-order valence-corrected chi connectivity index (χ1v) is 7.54. The minimum Gasteiger partial charge on any atom is -0.444 e. The van der Waals surface area contributed by atoms with Gasteiger partial charge in [0, 0.05) is 13.1 Å². The molecule has 1 aromatic rings. The van der Waals surface area contributed by atoms with Crippen molar-refractivity contribution in [3.8, 4) is 0 Å². The maximum absolute atomic E-state index is 14.3. The number of aryl methyl sites for hydroxylation is 1. The Kier molecular flexibility index (Phi) is 4.83. The second kappa shape index (κ2) is 6.46. The minimum absolute atomic E-state index is 0.0747. The average molecular weight is 310 g/mol. The molecule has 0 bridgehead atoms. The van der Waals surface area contributed by atoms with Gasteiger partial charge in [0.05, 0.1) is 11.7 Å². The molecule has 22 heavy (non-hydrogen) atoms. The van der Waals surface area contributed by atoms with Crippen LogP contribution in [0.2, 0.25) is 0 Å². The second-order valence-electron chi connectivity index (χ2n) is 6.39. The number of rotatable bonds is 3. The molecule has 0 spiro atoms. The number of carbonyl (C=O) groups excluding carboxylic acids is 1. The molecule has 1 fully saturated rings. The number of anilines is 1. The Hall–Kier alpha value is -1.92. The first kappa shape index (κ1) is 16.5. The smallest absolute Gasteiger partial charge is 0.407 e. The highest BCUT2D eigenvalue weighted by molar-refractivity contribution is 5.68. The van der Waals surface area contributed by atoms with Gasteiger partial charge in [-0.1, -0.05) is 6.92 Å². The standard InChI is InChI=1S/C15H23FN4O2/c1-5-11-12(16)13(18-9-17-11)20-7-6-10(8-20)19-14(21)22-15(2,3)4/h9-10H,5-8H2,1-4H3,(H,19,21)/t10-/m1/s1. The van der Waals surface area contributed by atoms with Crippen LogP contribution in [0.5, 0.6) is 0 Å². The van der Waals surface area contributed by atoms with E-state index in [-0.39, 0.29) is 11.9 Å². The SMILES string of the molecule is CCc1ncnc(N2CC[C@@H](NC(=O)OC(C)(C)C)C2)c1F. The van der Waals surface area contributed by atoms with Crippen LogP contribution in [0.1, 0.15) is 39.8 Å². The van der Waals surface area contributed by atoms with Crippen molar-refractivity contribution < 1.29 is 13.9 Å². The first-order chi connectivity index (χ1) is 10.3. The maximum atomic E-state index is 14.3. The Morgan fingerprint density at radius 1 is 1.50 bits per heavy atom. The van der Waals surface area contributed by atoms with E-state index in [4.69, 9.17) is 4.74 Å². The van der Waals surface area contributed by atoms with Gasteiger partial charge >= 0.3 is 6.09 Å². The van der Waals surface area contributed by atoms with E-state index in [1.165, 1.54) is 6.33 Å². The molecule has 1 atom stereocenters. The third-order valence-corrected chi connectivity index (χ3v) is 3.39. The fraction of sp³-hybridized carbons (Fsp3) is 0.667. The molecular weight excluding hydrogens is 287 g/mol. The molecule has 0 unspecified atom stereocenters. The number of hydrogen-bond donors (Lipinski definition) is 1. The molecule has 1 saturated heterocycles. The Balaban J connectivity index is 1.97. The van der Waals surface area contributed by atoms with Crippen LogP contribution in [0.15, 0.2) is 6.33 Å². The Bertz CT molecular complexity index is 545. The van der Waals surface area contributed by atoms with E-state index in [1.807, 2.05) is 32.6 Å². The molecule has 7 heteroatoms. The zero-order valence-electron chi connectivity index (χ0n) is 13.5. The van der Waals surface area contributed by atoms with Gasteiger partial charge in [-0.3, -0.25) is 0 Å². The molecule has 2 heterocycles. The van der Waals surface area contributed by atoms with E-state index < -0.39 is 11.7 Å². The molecule has 1 N–H and O–H groups in total. The van der Waals surface area contributed by atoms with Crippen LogP contribution in [0, 0.1) is 5.82 Å². The number of hydrogen-bond acceptors (Lipinski definition) is 5. The van der Waals surface area contributed by atoms with Gasteiger partial charge in [-0.05, 0) is 33.6 Å². The molecule has 2 rings (SSSR count). The van der Waals surface area contributed by atoms with Crippen molar-refractivity contribution in [2.45, 2.75) is 52.2 Å². The average Bonchev–Trinajstić information content (AvgIpc) is 2.85. The quantitative estimate of drug-likeness (QED) is 0.927. The number of alkyl carbamates (subject to hydrolysis) is 1. The highest BCUT2D eigenvalue weighted by Gasteiger charge is 2.28. The maximum Gasteiger partial charge on any atom is 0.407 e. The van der Waals surface area contributed by atoms with E-state index in [2.05, 4.69) is 15.3 Å². The van der Waals surface area contributed by atoms with Gasteiger partial charge in [0.15, 0.2) is 11.6 Å².